The van der Waals surface area contributed by atoms with Gasteiger partial charge in [0.2, 0.25) is 5.91 Å². The Morgan fingerprint density at radius 1 is 1.64 bits per heavy atom. The molecule has 3 nitrogen and oxygen atoms in total. The Morgan fingerprint density at radius 3 is 3.07 bits per heavy atom. The number of amides is 1. The van der Waals surface area contributed by atoms with Gasteiger partial charge < -0.3 is 11.1 Å². The highest BCUT2D eigenvalue weighted by Crippen LogP contribution is 2.20. The number of carbonyl (C=O) groups excluding carboxylic acids is 1. The van der Waals surface area contributed by atoms with E-state index < -0.39 is 0 Å². The summed E-state index contributed by atoms with van der Waals surface area (Å²) in [7, 11) is 0. The molecule has 0 aromatic carbocycles. The molecule has 1 heterocycles. The van der Waals surface area contributed by atoms with Crippen LogP contribution in [0.25, 0.3) is 0 Å². The molecule has 0 saturated carbocycles. The maximum atomic E-state index is 11.7. The molecule has 2 atom stereocenters. The first-order valence-electron chi connectivity index (χ1n) is 5.09. The molecule has 78 valence electrons. The molecule has 3 N–H and O–H groups in total. The van der Waals surface area contributed by atoms with Crippen LogP contribution in [-0.4, -0.2) is 29.5 Å². The zero-order valence-electron chi connectivity index (χ0n) is 8.16. The zero-order chi connectivity index (χ0) is 9.97. The van der Waals surface area contributed by atoms with Crippen molar-refractivity contribution in [2.45, 2.75) is 31.3 Å². The van der Waals surface area contributed by atoms with Gasteiger partial charge in [0, 0.05) is 23.4 Å². The van der Waals surface area contributed by atoms with Gasteiger partial charge in [-0.05, 0) is 25.0 Å². The van der Waals surface area contributed by atoms with E-state index in [9.17, 15) is 4.79 Å². The van der Waals surface area contributed by atoms with E-state index in [-0.39, 0.29) is 11.9 Å². The fourth-order valence-corrected chi connectivity index (χ4v) is 3.01. The summed E-state index contributed by atoms with van der Waals surface area (Å²) < 4.78 is 0. The van der Waals surface area contributed by atoms with E-state index in [4.69, 9.17) is 5.73 Å². The second kappa shape index (κ2) is 4.36. The normalized spacial score (nSPS) is 31.6. The molecule has 1 aliphatic carbocycles. The lowest BCUT2D eigenvalue weighted by Gasteiger charge is -2.11. The van der Waals surface area contributed by atoms with Crippen LogP contribution in [0.3, 0.4) is 0 Å². The van der Waals surface area contributed by atoms with Crippen LogP contribution in [0, 0.1) is 0 Å². The molecule has 0 aromatic heterocycles. The molecular formula is C10H16N2OS. The molecule has 2 rings (SSSR count). The quantitative estimate of drug-likeness (QED) is 0.707. The molecule has 1 saturated heterocycles. The Bertz CT molecular complexity index is 259. The molecule has 1 fully saturated rings. The molecular weight excluding hydrogens is 196 g/mol. The van der Waals surface area contributed by atoms with Crippen molar-refractivity contribution >= 4 is 17.7 Å². The minimum absolute atomic E-state index is 0.102. The van der Waals surface area contributed by atoms with Crippen molar-refractivity contribution in [2.24, 2.45) is 5.73 Å². The molecule has 1 amide bonds. The predicted octanol–water partition coefficient (Wildman–Crippen LogP) is 0.656. The molecule has 0 radical (unpaired) electrons. The molecule has 0 bridgehead atoms. The smallest absolute Gasteiger partial charge is 0.247 e. The van der Waals surface area contributed by atoms with E-state index in [1.54, 1.807) is 0 Å². The van der Waals surface area contributed by atoms with E-state index >= 15 is 0 Å². The van der Waals surface area contributed by atoms with Crippen molar-refractivity contribution in [1.82, 2.24) is 5.32 Å². The highest BCUT2D eigenvalue weighted by atomic mass is 32.2. The number of rotatable bonds is 2. The van der Waals surface area contributed by atoms with Gasteiger partial charge in [-0.25, -0.2) is 0 Å². The lowest BCUT2D eigenvalue weighted by Crippen LogP contribution is -2.35. The van der Waals surface area contributed by atoms with Gasteiger partial charge in [-0.3, -0.25) is 4.79 Å². The van der Waals surface area contributed by atoms with Gasteiger partial charge in [0.05, 0.1) is 0 Å². The van der Waals surface area contributed by atoms with Gasteiger partial charge in [0.15, 0.2) is 0 Å². The van der Waals surface area contributed by atoms with Crippen LogP contribution in [0.2, 0.25) is 0 Å². The third-order valence-electron chi connectivity index (χ3n) is 2.71. The fourth-order valence-electron chi connectivity index (χ4n) is 1.85. The first-order chi connectivity index (χ1) is 6.75. The lowest BCUT2D eigenvalue weighted by atomic mass is 10.1. The highest BCUT2D eigenvalue weighted by molar-refractivity contribution is 7.99. The average Bonchev–Trinajstić information content (AvgIpc) is 2.75. The van der Waals surface area contributed by atoms with Crippen LogP contribution in [0.5, 0.6) is 0 Å². The van der Waals surface area contributed by atoms with E-state index in [1.807, 2.05) is 17.8 Å². The maximum Gasteiger partial charge on any atom is 0.247 e. The van der Waals surface area contributed by atoms with Crippen LogP contribution in [0.15, 0.2) is 11.6 Å². The van der Waals surface area contributed by atoms with Gasteiger partial charge in [0.25, 0.3) is 0 Å². The molecule has 2 aliphatic rings. The highest BCUT2D eigenvalue weighted by Gasteiger charge is 2.22. The first kappa shape index (κ1) is 10.1. The number of nitrogens with two attached hydrogens (primary N) is 1. The van der Waals surface area contributed by atoms with Gasteiger partial charge >= 0.3 is 0 Å². The topological polar surface area (TPSA) is 55.1 Å². The van der Waals surface area contributed by atoms with E-state index in [2.05, 4.69) is 5.32 Å². The van der Waals surface area contributed by atoms with Crippen molar-refractivity contribution in [3.8, 4) is 0 Å². The van der Waals surface area contributed by atoms with Gasteiger partial charge in [-0.2, -0.15) is 11.8 Å². The summed E-state index contributed by atoms with van der Waals surface area (Å²) in [6.45, 7) is 0. The molecule has 0 aromatic rings. The van der Waals surface area contributed by atoms with Crippen LogP contribution in [-0.2, 0) is 4.79 Å². The fraction of sp³-hybridized carbons (Fsp3) is 0.700. The second-order valence-corrected chi connectivity index (χ2v) is 5.11. The second-order valence-electron chi connectivity index (χ2n) is 3.96. The summed E-state index contributed by atoms with van der Waals surface area (Å²) in [6.07, 6.45) is 4.67. The summed E-state index contributed by atoms with van der Waals surface area (Å²) in [5, 5.41) is 3.06. The van der Waals surface area contributed by atoms with Gasteiger partial charge in [0.1, 0.15) is 0 Å². The predicted molar refractivity (Wildman–Crippen MR) is 59.2 cm³/mol. The zero-order valence-corrected chi connectivity index (χ0v) is 8.98. The molecule has 14 heavy (non-hydrogen) atoms. The summed E-state index contributed by atoms with van der Waals surface area (Å²) in [5.41, 5.74) is 6.62. The number of carbonyl (C=O) groups is 1. The monoisotopic (exact) mass is 212 g/mol. The summed E-state index contributed by atoms with van der Waals surface area (Å²) in [5.74, 6) is 2.33. The standard InChI is InChI=1S/C10H16N2OS/c11-8-2-1-7(5-8)10(13)12-9-3-4-14-6-9/h1,8-9H,2-6,11H2,(H,12,13). The third-order valence-corrected chi connectivity index (χ3v) is 3.87. The van der Waals surface area contributed by atoms with Crippen molar-refractivity contribution in [3.63, 3.8) is 0 Å². The molecule has 4 heteroatoms. The van der Waals surface area contributed by atoms with E-state index in [0.717, 1.165) is 30.6 Å². The summed E-state index contributed by atoms with van der Waals surface area (Å²) >= 11 is 1.91. The Labute approximate surface area is 88.5 Å². The Balaban J connectivity index is 1.83. The maximum absolute atomic E-state index is 11.7. The minimum atomic E-state index is 0.102. The minimum Gasteiger partial charge on any atom is -0.349 e. The Hall–Kier alpha value is -0.480. The van der Waals surface area contributed by atoms with Crippen molar-refractivity contribution in [1.29, 1.82) is 0 Å². The summed E-state index contributed by atoms with van der Waals surface area (Å²) in [4.78, 5) is 11.7. The lowest BCUT2D eigenvalue weighted by molar-refractivity contribution is -0.118. The van der Waals surface area contributed by atoms with Crippen LogP contribution < -0.4 is 11.1 Å². The third kappa shape index (κ3) is 2.30. The number of hydrogen-bond donors (Lipinski definition) is 2. The number of nitrogens with one attached hydrogen (secondary N) is 1. The van der Waals surface area contributed by atoms with Gasteiger partial charge in [-0.15, -0.1) is 0 Å². The van der Waals surface area contributed by atoms with Gasteiger partial charge in [-0.1, -0.05) is 6.08 Å². The van der Waals surface area contributed by atoms with E-state index in [0.29, 0.717) is 6.04 Å². The van der Waals surface area contributed by atoms with Crippen LogP contribution >= 0.6 is 11.8 Å². The van der Waals surface area contributed by atoms with Crippen molar-refractivity contribution in [2.75, 3.05) is 11.5 Å². The summed E-state index contributed by atoms with van der Waals surface area (Å²) in [6, 6.07) is 0.541. The number of hydrogen-bond acceptors (Lipinski definition) is 3. The average molecular weight is 212 g/mol. The van der Waals surface area contributed by atoms with E-state index in [1.165, 1.54) is 5.75 Å². The number of thioether (sulfide) groups is 1. The van der Waals surface area contributed by atoms with Crippen molar-refractivity contribution in [3.05, 3.63) is 11.6 Å². The van der Waals surface area contributed by atoms with Crippen LogP contribution in [0.1, 0.15) is 19.3 Å². The van der Waals surface area contributed by atoms with Crippen molar-refractivity contribution < 1.29 is 4.79 Å². The molecule has 1 aliphatic heterocycles. The Morgan fingerprint density at radius 2 is 2.50 bits per heavy atom. The Kier molecular flexibility index (Phi) is 3.13. The molecule has 0 spiro atoms. The largest absolute Gasteiger partial charge is 0.349 e. The SMILES string of the molecule is NC1CC=C(C(=O)NC2CCSC2)C1. The van der Waals surface area contributed by atoms with Crippen LogP contribution in [0.4, 0.5) is 0 Å². The first-order valence-corrected chi connectivity index (χ1v) is 6.24. The molecule has 2 unspecified atom stereocenters.